The van der Waals surface area contributed by atoms with Crippen molar-refractivity contribution in [3.8, 4) is 5.75 Å². The minimum absolute atomic E-state index is 0.923. The molecule has 2 heteroatoms. The fraction of sp³-hybridized carbons (Fsp3) is 0.182. The lowest BCUT2D eigenvalue weighted by Gasteiger charge is -2.01. The minimum atomic E-state index is 0.923. The minimum Gasteiger partial charge on any atom is -0.496 e. The fourth-order valence-electron chi connectivity index (χ4n) is 1.50. The summed E-state index contributed by atoms with van der Waals surface area (Å²) in [6.45, 7) is 2.02. The Labute approximate surface area is 77.2 Å². The molecule has 0 saturated carbocycles. The molecule has 0 amide bonds. The molecule has 0 radical (unpaired) electrons. The highest BCUT2D eigenvalue weighted by atomic mass is 16.5. The number of H-pyrrole nitrogens is 1. The Balaban J connectivity index is 2.81. The third-order valence-corrected chi connectivity index (χ3v) is 2.09. The molecule has 0 aliphatic rings. The first-order valence-corrected chi connectivity index (χ1v) is 4.27. The summed E-state index contributed by atoms with van der Waals surface area (Å²) >= 11 is 0. The summed E-state index contributed by atoms with van der Waals surface area (Å²) in [7, 11) is 1.70. The van der Waals surface area contributed by atoms with E-state index in [1.54, 1.807) is 7.11 Å². The Morgan fingerprint density at radius 2 is 2.00 bits per heavy atom. The van der Waals surface area contributed by atoms with Crippen molar-refractivity contribution in [3.63, 3.8) is 0 Å². The molecule has 0 aliphatic carbocycles. The molecule has 13 heavy (non-hydrogen) atoms. The van der Waals surface area contributed by atoms with E-state index in [0.717, 1.165) is 22.3 Å². The number of methoxy groups -OCH3 is 1. The Morgan fingerprint density at radius 1 is 1.23 bits per heavy atom. The molecule has 1 aromatic carbocycles. The first-order chi connectivity index (χ1) is 6.31. The van der Waals surface area contributed by atoms with E-state index < -0.39 is 0 Å². The molecule has 1 N–H and O–H groups in total. The van der Waals surface area contributed by atoms with E-state index >= 15 is 0 Å². The number of fused-ring (bicyclic) bond motifs is 1. The van der Waals surface area contributed by atoms with E-state index in [1.165, 1.54) is 0 Å². The van der Waals surface area contributed by atoms with Gasteiger partial charge >= 0.3 is 0 Å². The van der Waals surface area contributed by atoms with Gasteiger partial charge in [0, 0.05) is 19.1 Å². The van der Waals surface area contributed by atoms with Crippen molar-refractivity contribution in [2.24, 2.45) is 0 Å². The standard InChI is InChI=1S/C11H11NO/c1-8-7-11(13-2)9-5-3-4-6-10(9)12-8/h3-7H,1-2H3/p+1. The van der Waals surface area contributed by atoms with E-state index in [4.69, 9.17) is 4.74 Å². The molecule has 2 rings (SSSR count). The van der Waals surface area contributed by atoms with Crippen molar-refractivity contribution >= 4 is 10.9 Å². The highest BCUT2D eigenvalue weighted by Gasteiger charge is 2.07. The number of aryl methyl sites for hydroxylation is 1. The second kappa shape index (κ2) is 3.05. The number of aromatic amines is 1. The van der Waals surface area contributed by atoms with Crippen molar-refractivity contribution in [1.29, 1.82) is 0 Å². The molecule has 0 aliphatic heterocycles. The lowest BCUT2D eigenvalue weighted by atomic mass is 10.2. The number of hydrogen-bond acceptors (Lipinski definition) is 1. The van der Waals surface area contributed by atoms with Crippen molar-refractivity contribution in [1.82, 2.24) is 0 Å². The number of ether oxygens (including phenoxy) is 1. The predicted octanol–water partition coefficient (Wildman–Crippen LogP) is 1.97. The molecule has 0 bridgehead atoms. The zero-order chi connectivity index (χ0) is 9.26. The third kappa shape index (κ3) is 1.35. The first-order valence-electron chi connectivity index (χ1n) is 4.27. The van der Waals surface area contributed by atoms with Crippen molar-refractivity contribution in [2.45, 2.75) is 6.92 Å². The second-order valence-electron chi connectivity index (χ2n) is 3.07. The van der Waals surface area contributed by atoms with Gasteiger partial charge in [0.1, 0.15) is 5.75 Å². The third-order valence-electron chi connectivity index (χ3n) is 2.09. The van der Waals surface area contributed by atoms with Gasteiger partial charge in [-0.25, -0.2) is 4.98 Å². The van der Waals surface area contributed by atoms with Gasteiger partial charge < -0.3 is 4.74 Å². The van der Waals surface area contributed by atoms with Crippen LogP contribution in [-0.4, -0.2) is 7.11 Å². The zero-order valence-corrected chi connectivity index (χ0v) is 7.79. The highest BCUT2D eigenvalue weighted by molar-refractivity contribution is 5.82. The summed E-state index contributed by atoms with van der Waals surface area (Å²) in [6, 6.07) is 10.1. The Morgan fingerprint density at radius 3 is 2.77 bits per heavy atom. The van der Waals surface area contributed by atoms with Crippen molar-refractivity contribution < 1.29 is 9.72 Å². The van der Waals surface area contributed by atoms with Gasteiger partial charge in [-0.3, -0.25) is 0 Å². The van der Waals surface area contributed by atoms with Crippen LogP contribution in [0.1, 0.15) is 5.69 Å². The van der Waals surface area contributed by atoms with Crippen LogP contribution < -0.4 is 9.72 Å². The fourth-order valence-corrected chi connectivity index (χ4v) is 1.50. The summed E-state index contributed by atoms with van der Waals surface area (Å²) in [5.74, 6) is 0.923. The molecule has 1 aromatic heterocycles. The molecule has 0 fully saturated rings. The average molecular weight is 174 g/mol. The number of benzene rings is 1. The van der Waals surface area contributed by atoms with Crippen LogP contribution in [0.25, 0.3) is 10.9 Å². The zero-order valence-electron chi connectivity index (χ0n) is 7.79. The quantitative estimate of drug-likeness (QED) is 0.648. The van der Waals surface area contributed by atoms with Crippen LogP contribution in [0.5, 0.6) is 5.75 Å². The van der Waals surface area contributed by atoms with Gasteiger partial charge in [-0.1, -0.05) is 12.1 Å². The van der Waals surface area contributed by atoms with Gasteiger partial charge in [0.25, 0.3) is 0 Å². The lowest BCUT2D eigenvalue weighted by molar-refractivity contribution is -0.354. The normalized spacial score (nSPS) is 10.3. The monoisotopic (exact) mass is 174 g/mol. The van der Waals surface area contributed by atoms with Gasteiger partial charge in [-0.15, -0.1) is 0 Å². The molecule has 2 aromatic rings. The van der Waals surface area contributed by atoms with Crippen LogP contribution >= 0.6 is 0 Å². The molecule has 0 spiro atoms. The van der Waals surface area contributed by atoms with Crippen LogP contribution in [0.15, 0.2) is 30.3 Å². The van der Waals surface area contributed by atoms with Gasteiger partial charge in [0.05, 0.1) is 12.5 Å². The van der Waals surface area contributed by atoms with Gasteiger partial charge in [0.15, 0.2) is 5.69 Å². The molecule has 0 unspecified atom stereocenters. The molecule has 66 valence electrons. The first kappa shape index (κ1) is 8.05. The topological polar surface area (TPSA) is 23.4 Å². The average Bonchev–Trinajstić information content (AvgIpc) is 2.16. The summed E-state index contributed by atoms with van der Waals surface area (Å²) in [4.78, 5) is 3.28. The molecular formula is C11H12NO+. The maximum Gasteiger partial charge on any atom is 0.214 e. The smallest absolute Gasteiger partial charge is 0.214 e. The van der Waals surface area contributed by atoms with Gasteiger partial charge in [-0.2, -0.15) is 0 Å². The summed E-state index contributed by atoms with van der Waals surface area (Å²) in [5.41, 5.74) is 2.22. The summed E-state index contributed by atoms with van der Waals surface area (Å²) in [5, 5.41) is 1.12. The van der Waals surface area contributed by atoms with Crippen LogP contribution in [0.3, 0.4) is 0 Å². The number of para-hydroxylation sites is 1. The Hall–Kier alpha value is -1.57. The van der Waals surface area contributed by atoms with Gasteiger partial charge in [0.2, 0.25) is 5.52 Å². The number of rotatable bonds is 1. The molecule has 2 nitrogen and oxygen atoms in total. The van der Waals surface area contributed by atoms with Crippen LogP contribution in [-0.2, 0) is 0 Å². The SMILES string of the molecule is COc1cc(C)[nH+]c2ccccc12. The van der Waals surface area contributed by atoms with Crippen molar-refractivity contribution in [2.75, 3.05) is 7.11 Å². The number of nitrogens with one attached hydrogen (secondary N) is 1. The molecule has 0 saturated heterocycles. The number of pyridine rings is 1. The molecule has 0 atom stereocenters. The Bertz CT molecular complexity index is 437. The molecular weight excluding hydrogens is 162 g/mol. The van der Waals surface area contributed by atoms with E-state index in [9.17, 15) is 0 Å². The predicted molar refractivity (Wildman–Crippen MR) is 51.8 cm³/mol. The summed E-state index contributed by atoms with van der Waals surface area (Å²) in [6.07, 6.45) is 0. The van der Waals surface area contributed by atoms with Crippen LogP contribution in [0.4, 0.5) is 0 Å². The summed E-state index contributed by atoms with van der Waals surface area (Å²) < 4.78 is 5.29. The second-order valence-corrected chi connectivity index (χ2v) is 3.07. The largest absolute Gasteiger partial charge is 0.496 e. The van der Waals surface area contributed by atoms with E-state index in [-0.39, 0.29) is 0 Å². The number of hydrogen-bond donors (Lipinski definition) is 0. The number of aromatic nitrogens is 1. The lowest BCUT2D eigenvalue weighted by Crippen LogP contribution is -2.08. The van der Waals surface area contributed by atoms with E-state index in [1.807, 2.05) is 37.3 Å². The maximum absolute atomic E-state index is 5.29. The van der Waals surface area contributed by atoms with Crippen LogP contribution in [0.2, 0.25) is 0 Å². The Kier molecular flexibility index (Phi) is 1.89. The van der Waals surface area contributed by atoms with E-state index in [0.29, 0.717) is 0 Å². The van der Waals surface area contributed by atoms with E-state index in [2.05, 4.69) is 4.98 Å². The maximum atomic E-state index is 5.29. The van der Waals surface area contributed by atoms with Crippen LogP contribution in [0, 0.1) is 6.92 Å². The van der Waals surface area contributed by atoms with Gasteiger partial charge in [-0.05, 0) is 6.07 Å². The highest BCUT2D eigenvalue weighted by Crippen LogP contribution is 2.21. The molecule has 1 heterocycles. The van der Waals surface area contributed by atoms with Crippen molar-refractivity contribution in [3.05, 3.63) is 36.0 Å².